The van der Waals surface area contributed by atoms with E-state index in [1.165, 1.54) is 0 Å². The van der Waals surface area contributed by atoms with Gasteiger partial charge in [-0.05, 0) is 18.9 Å². The molecule has 0 spiro atoms. The molecule has 0 saturated carbocycles. The van der Waals surface area contributed by atoms with Crippen molar-refractivity contribution < 1.29 is 4.79 Å². The van der Waals surface area contributed by atoms with Crippen molar-refractivity contribution in [2.24, 2.45) is 0 Å². The number of benzene rings is 1. The number of aryl methyl sites for hydroxylation is 1. The summed E-state index contributed by atoms with van der Waals surface area (Å²) in [6, 6.07) is 9.90. The average molecular weight is 292 g/mol. The third kappa shape index (κ3) is 4.08. The number of rotatable bonds is 5. The standard InChI is InChI=1S/C14H16N2OS2/c1-10-13(19-9-16-10)8-15-14(17)12(18)7-11-5-3-2-4-6-11/h2-6,9,12,18H,7-8H2,1H3,(H,15,17). The topological polar surface area (TPSA) is 42.0 Å². The second-order valence-electron chi connectivity index (χ2n) is 4.28. The van der Waals surface area contributed by atoms with E-state index in [1.807, 2.05) is 37.3 Å². The van der Waals surface area contributed by atoms with Gasteiger partial charge < -0.3 is 5.32 Å². The smallest absolute Gasteiger partial charge is 0.233 e. The van der Waals surface area contributed by atoms with E-state index in [0.717, 1.165) is 16.1 Å². The number of carbonyl (C=O) groups is 1. The highest BCUT2D eigenvalue weighted by atomic mass is 32.1. The normalized spacial score (nSPS) is 12.1. The number of thiazole rings is 1. The first-order valence-corrected chi connectivity index (χ1v) is 7.45. The Labute approximate surface area is 122 Å². The molecule has 2 aromatic rings. The lowest BCUT2D eigenvalue weighted by Crippen LogP contribution is -2.32. The Bertz CT molecular complexity index is 539. The van der Waals surface area contributed by atoms with E-state index in [2.05, 4.69) is 22.9 Å². The van der Waals surface area contributed by atoms with Crippen LogP contribution in [0.4, 0.5) is 0 Å². The predicted molar refractivity (Wildman–Crippen MR) is 81.6 cm³/mol. The van der Waals surface area contributed by atoms with Crippen LogP contribution in [0.15, 0.2) is 35.8 Å². The zero-order valence-corrected chi connectivity index (χ0v) is 12.4. The van der Waals surface area contributed by atoms with Crippen LogP contribution in [0.3, 0.4) is 0 Å². The third-order valence-electron chi connectivity index (χ3n) is 2.84. The van der Waals surface area contributed by atoms with Crippen molar-refractivity contribution in [1.29, 1.82) is 0 Å². The molecule has 1 aromatic heterocycles. The number of amides is 1. The molecule has 1 amide bonds. The Balaban J connectivity index is 1.84. The first-order chi connectivity index (χ1) is 9.16. The van der Waals surface area contributed by atoms with Crippen LogP contribution in [-0.4, -0.2) is 16.1 Å². The summed E-state index contributed by atoms with van der Waals surface area (Å²) in [6.07, 6.45) is 0.636. The molecule has 0 aliphatic heterocycles. The molecule has 1 heterocycles. The van der Waals surface area contributed by atoms with Crippen molar-refractivity contribution in [3.63, 3.8) is 0 Å². The van der Waals surface area contributed by atoms with Gasteiger partial charge in [0.1, 0.15) is 0 Å². The Morgan fingerprint density at radius 1 is 1.42 bits per heavy atom. The van der Waals surface area contributed by atoms with E-state index in [9.17, 15) is 4.79 Å². The maximum absolute atomic E-state index is 12.0. The minimum Gasteiger partial charge on any atom is -0.350 e. The number of carbonyl (C=O) groups excluding carboxylic acids is 1. The van der Waals surface area contributed by atoms with Crippen molar-refractivity contribution in [1.82, 2.24) is 10.3 Å². The van der Waals surface area contributed by atoms with E-state index >= 15 is 0 Å². The quantitative estimate of drug-likeness (QED) is 0.832. The second-order valence-corrected chi connectivity index (χ2v) is 5.85. The van der Waals surface area contributed by atoms with Gasteiger partial charge in [-0.3, -0.25) is 4.79 Å². The van der Waals surface area contributed by atoms with Gasteiger partial charge in [0.2, 0.25) is 5.91 Å². The molecule has 0 saturated heterocycles. The maximum atomic E-state index is 12.0. The van der Waals surface area contributed by atoms with Gasteiger partial charge in [-0.15, -0.1) is 11.3 Å². The predicted octanol–water partition coefficient (Wildman–Crippen LogP) is 2.61. The maximum Gasteiger partial charge on any atom is 0.233 e. The fourth-order valence-electron chi connectivity index (χ4n) is 1.71. The minimum atomic E-state index is -0.323. The van der Waals surface area contributed by atoms with E-state index in [-0.39, 0.29) is 11.2 Å². The molecule has 3 nitrogen and oxygen atoms in total. The molecule has 1 aromatic carbocycles. The summed E-state index contributed by atoms with van der Waals surface area (Å²) < 4.78 is 0. The molecule has 1 N–H and O–H groups in total. The van der Waals surface area contributed by atoms with E-state index in [1.54, 1.807) is 16.8 Å². The average Bonchev–Trinajstić information content (AvgIpc) is 2.82. The SMILES string of the molecule is Cc1ncsc1CNC(=O)C(S)Cc1ccccc1. The van der Waals surface area contributed by atoms with Crippen LogP contribution >= 0.6 is 24.0 Å². The Hall–Kier alpha value is -1.33. The Kier molecular flexibility index (Phi) is 4.99. The number of aromatic nitrogens is 1. The summed E-state index contributed by atoms with van der Waals surface area (Å²) in [6.45, 7) is 2.47. The van der Waals surface area contributed by atoms with Crippen LogP contribution in [0.25, 0.3) is 0 Å². The van der Waals surface area contributed by atoms with Crippen molar-refractivity contribution in [3.8, 4) is 0 Å². The van der Waals surface area contributed by atoms with Crippen LogP contribution in [0.2, 0.25) is 0 Å². The lowest BCUT2D eigenvalue weighted by atomic mass is 10.1. The van der Waals surface area contributed by atoms with Gasteiger partial charge in [-0.1, -0.05) is 30.3 Å². The van der Waals surface area contributed by atoms with E-state index in [4.69, 9.17) is 0 Å². The number of hydrogen-bond acceptors (Lipinski definition) is 4. The molecule has 0 bridgehead atoms. The summed E-state index contributed by atoms with van der Waals surface area (Å²) in [7, 11) is 0. The molecular weight excluding hydrogens is 276 g/mol. The summed E-state index contributed by atoms with van der Waals surface area (Å²) in [5.41, 5.74) is 3.88. The molecule has 100 valence electrons. The van der Waals surface area contributed by atoms with Crippen molar-refractivity contribution in [3.05, 3.63) is 52.0 Å². The van der Waals surface area contributed by atoms with Crippen LogP contribution in [-0.2, 0) is 17.8 Å². The molecular formula is C14H16N2OS2. The minimum absolute atomic E-state index is 0.0417. The summed E-state index contributed by atoms with van der Waals surface area (Å²) in [4.78, 5) is 17.2. The highest BCUT2D eigenvalue weighted by Gasteiger charge is 2.14. The molecule has 2 rings (SSSR count). The molecule has 1 unspecified atom stereocenters. The third-order valence-corrected chi connectivity index (χ3v) is 4.19. The molecule has 0 fully saturated rings. The first kappa shape index (κ1) is 14.1. The van der Waals surface area contributed by atoms with Gasteiger partial charge in [0.05, 0.1) is 23.0 Å². The largest absolute Gasteiger partial charge is 0.350 e. The summed E-state index contributed by atoms with van der Waals surface area (Å²) >= 11 is 5.93. The highest BCUT2D eigenvalue weighted by molar-refractivity contribution is 7.81. The van der Waals surface area contributed by atoms with Crippen molar-refractivity contribution in [2.75, 3.05) is 0 Å². The fourth-order valence-corrected chi connectivity index (χ4v) is 2.73. The lowest BCUT2D eigenvalue weighted by molar-refractivity contribution is -0.120. The monoisotopic (exact) mass is 292 g/mol. The number of nitrogens with one attached hydrogen (secondary N) is 1. The molecule has 0 aliphatic carbocycles. The fraction of sp³-hybridized carbons (Fsp3) is 0.286. The van der Waals surface area contributed by atoms with E-state index in [0.29, 0.717) is 13.0 Å². The number of nitrogens with zero attached hydrogens (tertiary/aromatic N) is 1. The van der Waals surface area contributed by atoms with Crippen LogP contribution in [0.1, 0.15) is 16.1 Å². The Morgan fingerprint density at radius 3 is 2.79 bits per heavy atom. The van der Waals surface area contributed by atoms with Crippen LogP contribution in [0, 0.1) is 6.92 Å². The second kappa shape index (κ2) is 6.73. The first-order valence-electron chi connectivity index (χ1n) is 6.05. The molecule has 5 heteroatoms. The summed E-state index contributed by atoms with van der Waals surface area (Å²) in [5, 5.41) is 2.58. The van der Waals surface area contributed by atoms with Gasteiger partial charge in [0.15, 0.2) is 0 Å². The Morgan fingerprint density at radius 2 is 2.16 bits per heavy atom. The van der Waals surface area contributed by atoms with Crippen LogP contribution < -0.4 is 5.32 Å². The van der Waals surface area contributed by atoms with Gasteiger partial charge in [-0.2, -0.15) is 12.6 Å². The van der Waals surface area contributed by atoms with Gasteiger partial charge in [0.25, 0.3) is 0 Å². The van der Waals surface area contributed by atoms with E-state index < -0.39 is 0 Å². The molecule has 0 aliphatic rings. The van der Waals surface area contributed by atoms with Gasteiger partial charge in [0, 0.05) is 4.88 Å². The van der Waals surface area contributed by atoms with Crippen molar-refractivity contribution >= 4 is 29.9 Å². The summed E-state index contributed by atoms with van der Waals surface area (Å²) in [5.74, 6) is -0.0417. The molecule has 1 atom stereocenters. The highest BCUT2D eigenvalue weighted by Crippen LogP contribution is 2.12. The molecule has 0 radical (unpaired) electrons. The van der Waals surface area contributed by atoms with Gasteiger partial charge >= 0.3 is 0 Å². The zero-order chi connectivity index (χ0) is 13.7. The van der Waals surface area contributed by atoms with Crippen molar-refractivity contribution in [2.45, 2.75) is 25.1 Å². The number of hydrogen-bond donors (Lipinski definition) is 2. The lowest BCUT2D eigenvalue weighted by Gasteiger charge is -2.11. The number of thiol groups is 1. The van der Waals surface area contributed by atoms with Crippen LogP contribution in [0.5, 0.6) is 0 Å². The zero-order valence-electron chi connectivity index (χ0n) is 10.7. The molecule has 19 heavy (non-hydrogen) atoms. The van der Waals surface area contributed by atoms with Gasteiger partial charge in [-0.25, -0.2) is 4.98 Å².